The van der Waals surface area contributed by atoms with E-state index >= 15 is 0 Å². The molecule has 2 aromatic heterocycles. The van der Waals surface area contributed by atoms with Crippen LogP contribution in [0.3, 0.4) is 0 Å². The first-order chi connectivity index (χ1) is 11.3. The molecular formula is C16H18F3N3O2. The molecule has 1 aliphatic rings. The summed E-state index contributed by atoms with van der Waals surface area (Å²) in [5.74, 6) is -0.638. The molecule has 1 saturated heterocycles. The molecular weight excluding hydrogens is 323 g/mol. The van der Waals surface area contributed by atoms with Gasteiger partial charge in [-0.1, -0.05) is 18.0 Å². The van der Waals surface area contributed by atoms with Crippen molar-refractivity contribution in [3.63, 3.8) is 0 Å². The SMILES string of the molecule is Cc1cc(C(=O)N2CCCCCC2C(F)(F)F)c2c(C)noc2n1. The molecule has 8 heteroatoms. The second-order valence-corrected chi connectivity index (χ2v) is 6.16. The van der Waals surface area contributed by atoms with Crippen molar-refractivity contribution in [2.75, 3.05) is 6.54 Å². The predicted molar refractivity (Wildman–Crippen MR) is 80.6 cm³/mol. The van der Waals surface area contributed by atoms with Gasteiger partial charge in [-0.25, -0.2) is 4.98 Å². The third kappa shape index (κ3) is 2.97. The van der Waals surface area contributed by atoms with Gasteiger partial charge in [-0.2, -0.15) is 13.2 Å². The van der Waals surface area contributed by atoms with E-state index in [0.29, 0.717) is 36.0 Å². The van der Waals surface area contributed by atoms with E-state index in [1.807, 2.05) is 0 Å². The largest absolute Gasteiger partial charge is 0.408 e. The fourth-order valence-corrected chi connectivity index (χ4v) is 3.23. The van der Waals surface area contributed by atoms with Crippen LogP contribution in [0.4, 0.5) is 13.2 Å². The van der Waals surface area contributed by atoms with Crippen LogP contribution < -0.4 is 0 Å². The van der Waals surface area contributed by atoms with Crippen LogP contribution in [0.1, 0.15) is 47.4 Å². The Morgan fingerprint density at radius 2 is 2.04 bits per heavy atom. The Hall–Kier alpha value is -2.12. The Balaban J connectivity index is 2.08. The Morgan fingerprint density at radius 3 is 2.75 bits per heavy atom. The number of amides is 1. The van der Waals surface area contributed by atoms with Gasteiger partial charge in [0.2, 0.25) is 0 Å². The Bertz CT molecular complexity index is 770. The van der Waals surface area contributed by atoms with Gasteiger partial charge in [0.05, 0.1) is 16.6 Å². The number of pyridine rings is 1. The second kappa shape index (κ2) is 6.07. The molecule has 5 nitrogen and oxygen atoms in total. The van der Waals surface area contributed by atoms with Gasteiger partial charge < -0.3 is 9.42 Å². The fourth-order valence-electron chi connectivity index (χ4n) is 3.23. The van der Waals surface area contributed by atoms with Gasteiger partial charge in [-0.05, 0) is 32.8 Å². The topological polar surface area (TPSA) is 59.2 Å². The van der Waals surface area contributed by atoms with Crippen molar-refractivity contribution in [3.8, 4) is 0 Å². The average Bonchev–Trinajstić information content (AvgIpc) is 2.74. The molecule has 0 saturated carbocycles. The van der Waals surface area contributed by atoms with Crippen LogP contribution in [0, 0.1) is 13.8 Å². The zero-order chi connectivity index (χ0) is 17.5. The first-order valence-corrected chi connectivity index (χ1v) is 7.90. The number of halogens is 3. The number of hydrogen-bond donors (Lipinski definition) is 0. The second-order valence-electron chi connectivity index (χ2n) is 6.16. The molecule has 130 valence electrons. The zero-order valence-electron chi connectivity index (χ0n) is 13.5. The van der Waals surface area contributed by atoms with Crippen LogP contribution in [0.25, 0.3) is 11.1 Å². The highest BCUT2D eigenvalue weighted by Gasteiger charge is 2.46. The van der Waals surface area contributed by atoms with Crippen LogP contribution in [0.2, 0.25) is 0 Å². The summed E-state index contributed by atoms with van der Waals surface area (Å²) in [6.45, 7) is 3.40. The highest BCUT2D eigenvalue weighted by Crippen LogP contribution is 2.33. The van der Waals surface area contributed by atoms with E-state index in [1.165, 1.54) is 6.07 Å². The van der Waals surface area contributed by atoms with Gasteiger partial charge >= 0.3 is 6.18 Å². The predicted octanol–water partition coefficient (Wildman–Crippen LogP) is 3.79. The molecule has 0 aliphatic carbocycles. The molecule has 24 heavy (non-hydrogen) atoms. The van der Waals surface area contributed by atoms with Gasteiger partial charge in [-0.15, -0.1) is 0 Å². The zero-order valence-corrected chi connectivity index (χ0v) is 13.5. The highest BCUT2D eigenvalue weighted by molar-refractivity contribution is 6.06. The van der Waals surface area contributed by atoms with Gasteiger partial charge in [0.25, 0.3) is 11.6 Å². The molecule has 0 spiro atoms. The van der Waals surface area contributed by atoms with E-state index in [-0.39, 0.29) is 24.2 Å². The third-order valence-electron chi connectivity index (χ3n) is 4.37. The lowest BCUT2D eigenvalue weighted by Gasteiger charge is -2.31. The van der Waals surface area contributed by atoms with Gasteiger partial charge in [0, 0.05) is 12.2 Å². The molecule has 0 aromatic carbocycles. The summed E-state index contributed by atoms with van der Waals surface area (Å²) in [5.41, 5.74) is 1.29. The quantitative estimate of drug-likeness (QED) is 0.792. The number of nitrogens with zero attached hydrogens (tertiary/aromatic N) is 3. The normalized spacial score (nSPS) is 19.5. The van der Waals surface area contributed by atoms with E-state index in [2.05, 4.69) is 10.1 Å². The number of aromatic nitrogens is 2. The van der Waals surface area contributed by atoms with Crippen molar-refractivity contribution in [2.24, 2.45) is 0 Å². The van der Waals surface area contributed by atoms with Crippen LogP contribution in [0.15, 0.2) is 10.6 Å². The molecule has 1 unspecified atom stereocenters. The minimum absolute atomic E-state index is 0.0644. The van der Waals surface area contributed by atoms with Gasteiger partial charge in [0.1, 0.15) is 6.04 Å². The van der Waals surface area contributed by atoms with Crippen molar-refractivity contribution in [3.05, 3.63) is 23.0 Å². The molecule has 1 atom stereocenters. The van der Waals surface area contributed by atoms with E-state index in [9.17, 15) is 18.0 Å². The summed E-state index contributed by atoms with van der Waals surface area (Å²) in [4.78, 5) is 18.1. The van der Waals surface area contributed by atoms with Crippen molar-refractivity contribution in [1.29, 1.82) is 0 Å². The molecule has 3 heterocycles. The van der Waals surface area contributed by atoms with Gasteiger partial charge in [-0.3, -0.25) is 4.79 Å². The Kier molecular flexibility index (Phi) is 4.23. The maximum Gasteiger partial charge on any atom is 0.408 e. The van der Waals surface area contributed by atoms with Crippen LogP contribution in [-0.2, 0) is 0 Å². The van der Waals surface area contributed by atoms with Crippen LogP contribution >= 0.6 is 0 Å². The molecule has 0 N–H and O–H groups in total. The molecule has 3 rings (SSSR count). The number of carbonyl (C=O) groups excluding carboxylic acids is 1. The molecule has 0 bridgehead atoms. The molecule has 1 aliphatic heterocycles. The lowest BCUT2D eigenvalue weighted by molar-refractivity contribution is -0.177. The summed E-state index contributed by atoms with van der Waals surface area (Å²) >= 11 is 0. The number of alkyl halides is 3. The number of rotatable bonds is 1. The number of fused-ring (bicyclic) bond motifs is 1. The number of aryl methyl sites for hydroxylation is 2. The Morgan fingerprint density at radius 1 is 1.29 bits per heavy atom. The first kappa shape index (κ1) is 16.7. The van der Waals surface area contributed by atoms with Gasteiger partial charge in [0.15, 0.2) is 0 Å². The molecule has 1 amide bonds. The maximum atomic E-state index is 13.4. The number of hydrogen-bond acceptors (Lipinski definition) is 4. The maximum absolute atomic E-state index is 13.4. The van der Waals surface area contributed by atoms with Crippen molar-refractivity contribution >= 4 is 17.0 Å². The standard InChI is InChI=1S/C16H18F3N3O2/c1-9-8-11(13-10(2)21-24-14(13)20-9)15(23)22-7-5-3-4-6-12(22)16(17,18)19/h8,12H,3-7H2,1-2H3. The molecule has 2 aromatic rings. The lowest BCUT2D eigenvalue weighted by Crippen LogP contribution is -2.48. The van der Waals surface area contributed by atoms with Crippen LogP contribution in [0.5, 0.6) is 0 Å². The summed E-state index contributed by atoms with van der Waals surface area (Å²) in [6, 6.07) is -0.246. The molecule has 1 fully saturated rings. The molecule has 0 radical (unpaired) electrons. The van der Waals surface area contributed by atoms with E-state index in [1.54, 1.807) is 13.8 Å². The highest BCUT2D eigenvalue weighted by atomic mass is 19.4. The van der Waals surface area contributed by atoms with E-state index in [4.69, 9.17) is 4.52 Å². The first-order valence-electron chi connectivity index (χ1n) is 7.90. The van der Waals surface area contributed by atoms with Crippen molar-refractivity contribution in [2.45, 2.75) is 51.7 Å². The number of carbonyl (C=O) groups is 1. The minimum atomic E-state index is -4.44. The summed E-state index contributed by atoms with van der Waals surface area (Å²) in [6.07, 6.45) is -2.79. The van der Waals surface area contributed by atoms with Crippen molar-refractivity contribution in [1.82, 2.24) is 15.0 Å². The minimum Gasteiger partial charge on any atom is -0.336 e. The summed E-state index contributed by atoms with van der Waals surface area (Å²) < 4.78 is 45.3. The Labute approximate surface area is 136 Å². The smallest absolute Gasteiger partial charge is 0.336 e. The van der Waals surface area contributed by atoms with E-state index < -0.39 is 18.1 Å². The summed E-state index contributed by atoms with van der Waals surface area (Å²) in [7, 11) is 0. The van der Waals surface area contributed by atoms with Crippen LogP contribution in [-0.4, -0.2) is 39.7 Å². The summed E-state index contributed by atoms with van der Waals surface area (Å²) in [5, 5.41) is 4.17. The number of likely N-dealkylation sites (tertiary alicyclic amines) is 1. The fraction of sp³-hybridized carbons (Fsp3) is 0.562. The van der Waals surface area contributed by atoms with E-state index in [0.717, 1.165) is 4.90 Å². The lowest BCUT2D eigenvalue weighted by atomic mass is 10.1. The third-order valence-corrected chi connectivity index (χ3v) is 4.37. The van der Waals surface area contributed by atoms with Crippen molar-refractivity contribution < 1.29 is 22.5 Å². The monoisotopic (exact) mass is 341 g/mol. The average molecular weight is 341 g/mol.